The molecule has 6 nitrogen and oxygen atoms in total. The van der Waals surface area contributed by atoms with E-state index in [1.54, 1.807) is 36.4 Å². The number of ether oxygens (including phenoxy) is 4. The van der Waals surface area contributed by atoms with Crippen molar-refractivity contribution in [2.45, 2.75) is 37.0 Å². The second kappa shape index (κ2) is 8.65. The number of aliphatic hydroxyl groups excluding tert-OH is 2. The smallest absolute Gasteiger partial charge is 0.184 e. The highest BCUT2D eigenvalue weighted by Gasteiger charge is 2.42. The van der Waals surface area contributed by atoms with Crippen LogP contribution in [0.5, 0.6) is 0 Å². The van der Waals surface area contributed by atoms with Gasteiger partial charge in [0.2, 0.25) is 0 Å². The zero-order valence-corrected chi connectivity index (χ0v) is 16.3. The normalized spacial score (nSPS) is 29.7. The zero-order chi connectivity index (χ0) is 19.7. The van der Waals surface area contributed by atoms with Crippen LogP contribution in [0.2, 0.25) is 10.0 Å². The summed E-state index contributed by atoms with van der Waals surface area (Å²) in [6.45, 7) is 0.279. The van der Waals surface area contributed by atoms with Crippen molar-refractivity contribution in [1.82, 2.24) is 0 Å². The Morgan fingerprint density at radius 3 is 1.57 bits per heavy atom. The first kappa shape index (κ1) is 20.1. The Morgan fingerprint density at radius 2 is 1.18 bits per heavy atom. The number of hydrogen-bond donors (Lipinski definition) is 2. The van der Waals surface area contributed by atoms with Crippen LogP contribution in [0.25, 0.3) is 0 Å². The molecule has 2 fully saturated rings. The second-order valence-electron chi connectivity index (χ2n) is 6.77. The van der Waals surface area contributed by atoms with E-state index >= 15 is 0 Å². The quantitative estimate of drug-likeness (QED) is 0.763. The largest absolute Gasteiger partial charge is 0.387 e. The van der Waals surface area contributed by atoms with Crippen molar-refractivity contribution in [3.05, 3.63) is 69.7 Å². The lowest BCUT2D eigenvalue weighted by molar-refractivity contribution is -0.141. The Morgan fingerprint density at radius 1 is 0.750 bits per heavy atom. The van der Waals surface area contributed by atoms with Gasteiger partial charge in [0, 0.05) is 21.2 Å². The van der Waals surface area contributed by atoms with Gasteiger partial charge >= 0.3 is 0 Å². The molecule has 2 N–H and O–H groups in total. The van der Waals surface area contributed by atoms with Crippen molar-refractivity contribution >= 4 is 23.2 Å². The minimum Gasteiger partial charge on any atom is -0.387 e. The van der Waals surface area contributed by atoms with Crippen LogP contribution in [0, 0.1) is 0 Å². The van der Waals surface area contributed by atoms with E-state index in [1.807, 2.05) is 12.1 Å². The number of benzene rings is 2. The Kier molecular flexibility index (Phi) is 6.20. The lowest BCUT2D eigenvalue weighted by Crippen LogP contribution is -2.46. The Bertz CT molecular complexity index is 751. The van der Waals surface area contributed by atoms with Crippen molar-refractivity contribution in [1.29, 1.82) is 0 Å². The second-order valence-corrected chi connectivity index (χ2v) is 7.64. The average molecular weight is 427 g/mol. The fraction of sp³-hybridized carbons (Fsp3) is 0.400. The molecule has 0 amide bonds. The highest BCUT2D eigenvalue weighted by Crippen LogP contribution is 2.33. The SMILES string of the molecule is O[C@@H]([C@H](O)[C@H]1COC(c2cccc(Cl)c2)O1)[C@@H]1COC(c2cccc(Cl)c2)O1. The average Bonchev–Trinajstić information content (AvgIpc) is 3.37. The molecule has 6 atom stereocenters. The first-order valence-electron chi connectivity index (χ1n) is 8.92. The van der Waals surface area contributed by atoms with E-state index in [2.05, 4.69) is 0 Å². The summed E-state index contributed by atoms with van der Waals surface area (Å²) in [6, 6.07) is 14.2. The molecule has 2 heterocycles. The number of rotatable bonds is 5. The highest BCUT2D eigenvalue weighted by molar-refractivity contribution is 6.30. The van der Waals surface area contributed by atoms with Crippen molar-refractivity contribution in [3.8, 4) is 0 Å². The van der Waals surface area contributed by atoms with Gasteiger partial charge in [0.15, 0.2) is 12.6 Å². The fourth-order valence-electron chi connectivity index (χ4n) is 3.29. The van der Waals surface area contributed by atoms with Gasteiger partial charge in [0.25, 0.3) is 0 Å². The summed E-state index contributed by atoms with van der Waals surface area (Å²) in [5, 5.41) is 22.3. The van der Waals surface area contributed by atoms with E-state index < -0.39 is 37.0 Å². The molecule has 2 aliphatic rings. The summed E-state index contributed by atoms with van der Waals surface area (Å²) >= 11 is 12.0. The lowest BCUT2D eigenvalue weighted by Gasteiger charge is -2.26. The third-order valence-electron chi connectivity index (χ3n) is 4.77. The van der Waals surface area contributed by atoms with Gasteiger partial charge in [-0.2, -0.15) is 0 Å². The molecule has 2 saturated heterocycles. The maximum Gasteiger partial charge on any atom is 0.184 e. The zero-order valence-electron chi connectivity index (χ0n) is 14.8. The summed E-state index contributed by atoms with van der Waals surface area (Å²) in [7, 11) is 0. The molecular weight excluding hydrogens is 407 g/mol. The first-order valence-corrected chi connectivity index (χ1v) is 9.68. The third kappa shape index (κ3) is 4.35. The van der Waals surface area contributed by atoms with Crippen LogP contribution in [0.1, 0.15) is 23.7 Å². The van der Waals surface area contributed by atoms with Gasteiger partial charge in [-0.1, -0.05) is 47.5 Å². The molecule has 0 saturated carbocycles. The summed E-state index contributed by atoms with van der Waals surface area (Å²) in [6.07, 6.45) is -5.09. The summed E-state index contributed by atoms with van der Waals surface area (Å²) in [5.41, 5.74) is 1.50. The predicted octanol–water partition coefficient (Wildman–Crippen LogP) is 3.24. The van der Waals surface area contributed by atoms with E-state index in [4.69, 9.17) is 42.1 Å². The maximum atomic E-state index is 10.6. The van der Waals surface area contributed by atoms with Crippen LogP contribution in [-0.4, -0.2) is 47.8 Å². The number of hydrogen-bond acceptors (Lipinski definition) is 6. The van der Waals surface area contributed by atoms with Gasteiger partial charge in [0.1, 0.15) is 24.4 Å². The predicted molar refractivity (Wildman–Crippen MR) is 102 cm³/mol. The lowest BCUT2D eigenvalue weighted by atomic mass is 10.0. The Balaban J connectivity index is 1.35. The highest BCUT2D eigenvalue weighted by atomic mass is 35.5. The molecule has 28 heavy (non-hydrogen) atoms. The van der Waals surface area contributed by atoms with Gasteiger partial charge < -0.3 is 29.2 Å². The summed E-state index contributed by atoms with van der Waals surface area (Å²) in [4.78, 5) is 0. The standard InChI is InChI=1S/C20H20Cl2O6/c21-13-5-1-3-11(7-13)19-25-9-15(27-19)17(23)18(24)16-10-26-20(28-16)12-4-2-6-14(22)8-12/h1-8,15-20,23-24H,9-10H2/t15-,16+,17-,18-,19?,20?/m1/s1. The van der Waals surface area contributed by atoms with Gasteiger partial charge in [-0.3, -0.25) is 0 Å². The van der Waals surface area contributed by atoms with Crippen LogP contribution < -0.4 is 0 Å². The number of aliphatic hydroxyl groups is 2. The van der Waals surface area contributed by atoms with Gasteiger partial charge in [-0.05, 0) is 24.3 Å². The Labute approximate surface area is 172 Å². The molecule has 8 heteroatoms. The number of halogens is 2. The van der Waals surface area contributed by atoms with Crippen LogP contribution in [-0.2, 0) is 18.9 Å². The van der Waals surface area contributed by atoms with Crippen LogP contribution >= 0.6 is 23.2 Å². The van der Waals surface area contributed by atoms with E-state index in [9.17, 15) is 10.2 Å². The summed E-state index contributed by atoms with van der Waals surface area (Å²) < 4.78 is 22.7. The molecule has 150 valence electrons. The van der Waals surface area contributed by atoms with Crippen molar-refractivity contribution in [3.63, 3.8) is 0 Å². The molecule has 2 aromatic rings. The molecule has 2 unspecified atom stereocenters. The minimum absolute atomic E-state index is 0.140. The van der Waals surface area contributed by atoms with Gasteiger partial charge in [0.05, 0.1) is 13.2 Å². The minimum atomic E-state index is -1.20. The molecule has 4 rings (SSSR count). The van der Waals surface area contributed by atoms with Gasteiger partial charge in [-0.15, -0.1) is 0 Å². The molecular formula is C20H20Cl2O6. The molecule has 0 spiro atoms. The van der Waals surface area contributed by atoms with Crippen molar-refractivity contribution in [2.24, 2.45) is 0 Å². The topological polar surface area (TPSA) is 77.4 Å². The van der Waals surface area contributed by atoms with E-state index in [-0.39, 0.29) is 13.2 Å². The monoisotopic (exact) mass is 426 g/mol. The van der Waals surface area contributed by atoms with Crippen LogP contribution in [0.3, 0.4) is 0 Å². The van der Waals surface area contributed by atoms with E-state index in [0.29, 0.717) is 10.0 Å². The first-order chi connectivity index (χ1) is 13.5. The van der Waals surface area contributed by atoms with Gasteiger partial charge in [-0.25, -0.2) is 0 Å². The third-order valence-corrected chi connectivity index (χ3v) is 5.24. The van der Waals surface area contributed by atoms with E-state index in [1.165, 1.54) is 0 Å². The molecule has 0 radical (unpaired) electrons. The van der Waals surface area contributed by atoms with Crippen LogP contribution in [0.4, 0.5) is 0 Å². The molecule has 2 aliphatic heterocycles. The molecule has 2 aromatic carbocycles. The fourth-order valence-corrected chi connectivity index (χ4v) is 3.69. The Hall–Kier alpha value is -1.22. The summed E-state index contributed by atoms with van der Waals surface area (Å²) in [5.74, 6) is 0. The molecule has 0 aliphatic carbocycles. The van der Waals surface area contributed by atoms with E-state index in [0.717, 1.165) is 11.1 Å². The maximum absolute atomic E-state index is 10.6. The molecule has 0 aromatic heterocycles. The van der Waals surface area contributed by atoms with Crippen molar-refractivity contribution in [2.75, 3.05) is 13.2 Å². The molecule has 0 bridgehead atoms. The van der Waals surface area contributed by atoms with Crippen LogP contribution in [0.15, 0.2) is 48.5 Å². The van der Waals surface area contributed by atoms with Crippen molar-refractivity contribution < 1.29 is 29.2 Å².